The van der Waals surface area contributed by atoms with E-state index >= 15 is 0 Å². The van der Waals surface area contributed by atoms with Crippen LogP contribution in [-0.4, -0.2) is 25.2 Å². The Morgan fingerprint density at radius 1 is 0.700 bits per heavy atom. The van der Waals surface area contributed by atoms with E-state index in [1.54, 1.807) is 13.8 Å². The molecule has 4 nitrogen and oxygen atoms in total. The predicted molar refractivity (Wildman–Crippen MR) is 121 cm³/mol. The number of unbranched alkanes of at least 4 members (excludes halogenated alkanes) is 2. The van der Waals surface area contributed by atoms with Crippen LogP contribution in [0.15, 0.2) is 0 Å². The molecule has 174 valence electrons. The molecule has 30 heavy (non-hydrogen) atoms. The lowest BCUT2D eigenvalue weighted by atomic mass is 9.68. The molecule has 2 aliphatic carbocycles. The Morgan fingerprint density at radius 2 is 1.17 bits per heavy atom. The van der Waals surface area contributed by atoms with Crippen molar-refractivity contribution in [2.24, 2.45) is 29.6 Å². The van der Waals surface area contributed by atoms with Gasteiger partial charge in [0.2, 0.25) is 0 Å². The summed E-state index contributed by atoms with van der Waals surface area (Å²) in [5.74, 6) is 1.90. The van der Waals surface area contributed by atoms with Crippen molar-refractivity contribution >= 4 is 11.9 Å². The fourth-order valence-corrected chi connectivity index (χ4v) is 5.80. The van der Waals surface area contributed by atoms with Gasteiger partial charge < -0.3 is 9.47 Å². The summed E-state index contributed by atoms with van der Waals surface area (Å²) < 4.78 is 10.2. The van der Waals surface area contributed by atoms with Crippen LogP contribution in [0.1, 0.15) is 111 Å². The smallest absolute Gasteiger partial charge is 0.320 e. The summed E-state index contributed by atoms with van der Waals surface area (Å²) in [6.07, 6.45) is 18.1. The fourth-order valence-electron chi connectivity index (χ4n) is 5.80. The second-order valence-electron chi connectivity index (χ2n) is 9.69. The molecule has 0 unspecified atom stereocenters. The number of ether oxygens (including phenoxy) is 2. The number of esters is 2. The highest BCUT2D eigenvalue weighted by molar-refractivity contribution is 5.94. The maximum Gasteiger partial charge on any atom is 0.320 e. The molecule has 0 aromatic carbocycles. The highest BCUT2D eigenvalue weighted by Gasteiger charge is 2.33. The maximum atomic E-state index is 12.2. The lowest BCUT2D eigenvalue weighted by molar-refractivity contribution is -0.162. The van der Waals surface area contributed by atoms with Crippen molar-refractivity contribution in [1.29, 1.82) is 0 Å². The van der Waals surface area contributed by atoms with Crippen LogP contribution < -0.4 is 0 Å². The Morgan fingerprint density at radius 3 is 1.60 bits per heavy atom. The first-order valence-corrected chi connectivity index (χ1v) is 12.9. The molecule has 0 aliphatic heterocycles. The van der Waals surface area contributed by atoms with Crippen LogP contribution in [0, 0.1) is 29.6 Å². The second kappa shape index (κ2) is 14.1. The third-order valence-corrected chi connectivity index (χ3v) is 7.67. The van der Waals surface area contributed by atoms with E-state index in [0.717, 1.165) is 24.2 Å². The van der Waals surface area contributed by atoms with E-state index in [2.05, 4.69) is 6.92 Å². The van der Waals surface area contributed by atoms with Crippen LogP contribution in [0.4, 0.5) is 0 Å². The van der Waals surface area contributed by atoms with E-state index in [-0.39, 0.29) is 0 Å². The molecular formula is C26H46O4. The van der Waals surface area contributed by atoms with Crippen LogP contribution in [0.2, 0.25) is 0 Å². The molecule has 0 radical (unpaired) electrons. The van der Waals surface area contributed by atoms with E-state index in [1.807, 2.05) is 0 Å². The van der Waals surface area contributed by atoms with Crippen molar-refractivity contribution in [2.45, 2.75) is 111 Å². The molecule has 2 fully saturated rings. The summed E-state index contributed by atoms with van der Waals surface area (Å²) in [7, 11) is 0. The van der Waals surface area contributed by atoms with Crippen molar-refractivity contribution < 1.29 is 19.1 Å². The number of carbonyl (C=O) groups is 2. The van der Waals surface area contributed by atoms with Crippen molar-refractivity contribution in [3.05, 3.63) is 0 Å². The minimum absolute atomic E-state index is 0.306. The van der Waals surface area contributed by atoms with Gasteiger partial charge in [0.15, 0.2) is 5.92 Å². The third kappa shape index (κ3) is 8.23. The number of hydrogen-bond donors (Lipinski definition) is 0. The van der Waals surface area contributed by atoms with Gasteiger partial charge in [-0.1, -0.05) is 58.3 Å². The molecular weight excluding hydrogens is 376 g/mol. The zero-order valence-corrected chi connectivity index (χ0v) is 19.8. The van der Waals surface area contributed by atoms with Gasteiger partial charge in [-0.05, 0) is 76.0 Å². The normalized spacial score (nSPS) is 27.1. The SMILES string of the molecule is CCCCCC1CCC(C2CCC(CCC(C(=O)OCC)C(=O)OCC)CC2)CC1. The molecule has 0 N–H and O–H groups in total. The Labute approximate surface area is 184 Å². The van der Waals surface area contributed by atoms with Crippen molar-refractivity contribution in [3.63, 3.8) is 0 Å². The molecule has 0 spiro atoms. The molecule has 0 saturated heterocycles. The van der Waals surface area contributed by atoms with Gasteiger partial charge in [-0.25, -0.2) is 0 Å². The summed E-state index contributed by atoms with van der Waals surface area (Å²) >= 11 is 0. The number of hydrogen-bond acceptors (Lipinski definition) is 4. The topological polar surface area (TPSA) is 52.6 Å². The lowest BCUT2D eigenvalue weighted by Gasteiger charge is -2.38. The van der Waals surface area contributed by atoms with Crippen molar-refractivity contribution in [1.82, 2.24) is 0 Å². The van der Waals surface area contributed by atoms with Crippen LogP contribution in [0.25, 0.3) is 0 Å². The van der Waals surface area contributed by atoms with Crippen molar-refractivity contribution in [3.8, 4) is 0 Å². The summed E-state index contributed by atoms with van der Waals surface area (Å²) in [6, 6.07) is 0. The third-order valence-electron chi connectivity index (χ3n) is 7.67. The molecule has 0 heterocycles. The van der Waals surface area contributed by atoms with Crippen molar-refractivity contribution in [2.75, 3.05) is 13.2 Å². The average molecular weight is 423 g/mol. The Balaban J connectivity index is 1.69. The molecule has 0 atom stereocenters. The van der Waals surface area contributed by atoms with Crippen LogP contribution in [0.5, 0.6) is 0 Å². The van der Waals surface area contributed by atoms with E-state index in [9.17, 15) is 9.59 Å². The average Bonchev–Trinajstić information content (AvgIpc) is 2.75. The molecule has 0 amide bonds. The highest BCUT2D eigenvalue weighted by Crippen LogP contribution is 2.43. The first-order valence-electron chi connectivity index (χ1n) is 12.9. The quantitative estimate of drug-likeness (QED) is 0.199. The second-order valence-corrected chi connectivity index (χ2v) is 9.69. The van der Waals surface area contributed by atoms with Crippen LogP contribution in [-0.2, 0) is 19.1 Å². The molecule has 0 aromatic heterocycles. The minimum atomic E-state index is -0.745. The fraction of sp³-hybridized carbons (Fsp3) is 0.923. The Kier molecular flexibility index (Phi) is 11.8. The van der Waals surface area contributed by atoms with Gasteiger partial charge >= 0.3 is 11.9 Å². The standard InChI is InChI=1S/C26H46O4/c1-4-7-8-9-20-10-15-22(16-11-20)23-17-12-21(13-18-23)14-19-24(25(27)29-5-2)26(28)30-6-3/h20-24H,4-19H2,1-3H3. The first-order chi connectivity index (χ1) is 14.6. The van der Waals surface area contributed by atoms with Gasteiger partial charge in [0.1, 0.15) is 0 Å². The van der Waals surface area contributed by atoms with E-state index < -0.39 is 17.9 Å². The number of rotatable bonds is 12. The zero-order chi connectivity index (χ0) is 21.8. The van der Waals surface area contributed by atoms with Crippen LogP contribution >= 0.6 is 0 Å². The summed E-state index contributed by atoms with van der Waals surface area (Å²) in [6.45, 7) is 6.46. The molecule has 2 aliphatic rings. The van der Waals surface area contributed by atoms with E-state index in [1.165, 1.54) is 77.0 Å². The van der Waals surface area contributed by atoms with Crippen LogP contribution in [0.3, 0.4) is 0 Å². The Bertz CT molecular complexity index is 469. The van der Waals surface area contributed by atoms with E-state index in [0.29, 0.717) is 25.6 Å². The van der Waals surface area contributed by atoms with Gasteiger partial charge in [-0.3, -0.25) is 9.59 Å². The highest BCUT2D eigenvalue weighted by atomic mass is 16.6. The summed E-state index contributed by atoms with van der Waals surface area (Å²) in [5, 5.41) is 0. The maximum absolute atomic E-state index is 12.2. The first kappa shape index (κ1) is 25.2. The van der Waals surface area contributed by atoms with E-state index in [4.69, 9.17) is 9.47 Å². The van der Waals surface area contributed by atoms with Gasteiger partial charge in [-0.15, -0.1) is 0 Å². The summed E-state index contributed by atoms with van der Waals surface area (Å²) in [4.78, 5) is 24.4. The largest absolute Gasteiger partial charge is 0.465 e. The number of carbonyl (C=O) groups excluding carboxylic acids is 2. The monoisotopic (exact) mass is 422 g/mol. The Hall–Kier alpha value is -1.06. The zero-order valence-electron chi connectivity index (χ0n) is 19.8. The van der Waals surface area contributed by atoms with Gasteiger partial charge in [0.25, 0.3) is 0 Å². The minimum Gasteiger partial charge on any atom is -0.465 e. The summed E-state index contributed by atoms with van der Waals surface area (Å²) in [5.41, 5.74) is 0. The predicted octanol–water partition coefficient (Wildman–Crippen LogP) is 6.70. The molecule has 0 bridgehead atoms. The molecule has 4 heteroatoms. The molecule has 2 saturated carbocycles. The molecule has 2 rings (SSSR count). The van der Waals surface area contributed by atoms with Gasteiger partial charge in [-0.2, -0.15) is 0 Å². The lowest BCUT2D eigenvalue weighted by Crippen LogP contribution is -2.29. The van der Waals surface area contributed by atoms with Gasteiger partial charge in [0, 0.05) is 0 Å². The molecule has 0 aromatic rings. The van der Waals surface area contributed by atoms with Gasteiger partial charge in [0.05, 0.1) is 13.2 Å².